The van der Waals surface area contributed by atoms with Crippen molar-refractivity contribution in [3.63, 3.8) is 0 Å². The van der Waals surface area contributed by atoms with Gasteiger partial charge >= 0.3 is 8.64 Å². The lowest BCUT2D eigenvalue weighted by Gasteiger charge is -2.25. The van der Waals surface area contributed by atoms with Crippen LogP contribution in [0.5, 0.6) is 0 Å². The Labute approximate surface area is 85.5 Å². The fourth-order valence-electron chi connectivity index (χ4n) is 0.842. The van der Waals surface area contributed by atoms with Gasteiger partial charge in [-0.1, -0.05) is 13.8 Å². The van der Waals surface area contributed by atoms with Crippen LogP contribution in [0.3, 0.4) is 0 Å². The second-order valence-corrected chi connectivity index (χ2v) is 6.02. The van der Waals surface area contributed by atoms with E-state index in [2.05, 4.69) is 9.96 Å². The van der Waals surface area contributed by atoms with Crippen LogP contribution in [0.15, 0.2) is 0 Å². The van der Waals surface area contributed by atoms with Gasteiger partial charge in [0.1, 0.15) is 0 Å². The van der Waals surface area contributed by atoms with Crippen molar-refractivity contribution in [3.8, 4) is 0 Å². The minimum atomic E-state index is -2.59. The third kappa shape index (κ3) is 4.38. The first-order valence-electron chi connectivity index (χ1n) is 4.64. The van der Waals surface area contributed by atoms with Crippen molar-refractivity contribution in [1.82, 2.24) is 9.96 Å². The van der Waals surface area contributed by atoms with Gasteiger partial charge in [-0.25, -0.2) is 0 Å². The molecule has 82 valence electrons. The summed E-state index contributed by atoms with van der Waals surface area (Å²) in [4.78, 5) is 27.7. The van der Waals surface area contributed by atoms with Crippen LogP contribution in [0.1, 0.15) is 26.7 Å². The molecule has 0 aromatic rings. The highest BCUT2D eigenvalue weighted by molar-refractivity contribution is 6.72. The fraction of sp³-hybridized carbons (Fsp3) is 0.750. The van der Waals surface area contributed by atoms with E-state index in [9.17, 15) is 9.59 Å². The van der Waals surface area contributed by atoms with E-state index in [1.165, 1.54) is 7.11 Å². The number of rotatable bonds is 5. The highest BCUT2D eigenvalue weighted by Crippen LogP contribution is 1.95. The molecule has 6 heteroatoms. The van der Waals surface area contributed by atoms with Gasteiger partial charge in [0.05, 0.1) is 0 Å². The van der Waals surface area contributed by atoms with Crippen LogP contribution in [0.2, 0.25) is 6.55 Å². The normalized spacial score (nSPS) is 10.9. The van der Waals surface area contributed by atoms with Crippen molar-refractivity contribution in [2.45, 2.75) is 33.2 Å². The molecular formula is C8H18N2O3Si. The van der Waals surface area contributed by atoms with E-state index in [4.69, 9.17) is 4.43 Å². The lowest BCUT2D eigenvalue weighted by molar-refractivity contribution is -0.120. The molecule has 2 N–H and O–H groups in total. The standard InChI is InChI=1S/C8H18N2O3Si/c1-5-7(11)9-14(4,13-3)10-8(12)6-2/h5-6H2,1-4H3,(H,9,11)(H,10,12). The summed E-state index contributed by atoms with van der Waals surface area (Å²) in [5, 5.41) is 0. The number of amides is 2. The fourth-order valence-corrected chi connectivity index (χ4v) is 2.53. The maximum Gasteiger partial charge on any atom is 0.414 e. The van der Waals surface area contributed by atoms with E-state index in [0.29, 0.717) is 12.8 Å². The van der Waals surface area contributed by atoms with Crippen molar-refractivity contribution in [1.29, 1.82) is 0 Å². The molecular weight excluding hydrogens is 200 g/mol. The Hall–Kier alpha value is -0.883. The Morgan fingerprint density at radius 1 is 1.14 bits per heavy atom. The van der Waals surface area contributed by atoms with Crippen molar-refractivity contribution in [3.05, 3.63) is 0 Å². The smallest absolute Gasteiger partial charge is 0.387 e. The highest BCUT2D eigenvalue weighted by Gasteiger charge is 2.32. The van der Waals surface area contributed by atoms with E-state index in [1.54, 1.807) is 20.4 Å². The van der Waals surface area contributed by atoms with Gasteiger partial charge in [-0.3, -0.25) is 9.59 Å². The molecule has 0 rings (SSSR count). The number of nitrogens with one attached hydrogen (secondary N) is 2. The van der Waals surface area contributed by atoms with Crippen LogP contribution in [0.25, 0.3) is 0 Å². The van der Waals surface area contributed by atoms with E-state index in [0.717, 1.165) is 0 Å². The third-order valence-electron chi connectivity index (χ3n) is 1.81. The molecule has 5 nitrogen and oxygen atoms in total. The van der Waals surface area contributed by atoms with E-state index >= 15 is 0 Å². The first-order chi connectivity index (χ1) is 6.47. The van der Waals surface area contributed by atoms with Gasteiger partial charge in [0.25, 0.3) is 0 Å². The topological polar surface area (TPSA) is 67.4 Å². The Bertz CT molecular complexity index is 203. The molecule has 0 bridgehead atoms. The molecule has 0 fully saturated rings. The molecule has 0 aromatic carbocycles. The summed E-state index contributed by atoms with van der Waals surface area (Å²) in [6.07, 6.45) is 0.766. The van der Waals surface area contributed by atoms with Gasteiger partial charge in [0.2, 0.25) is 11.8 Å². The number of carbonyl (C=O) groups is 2. The van der Waals surface area contributed by atoms with Gasteiger partial charge in [-0.05, 0) is 6.55 Å². The Morgan fingerprint density at radius 2 is 1.50 bits per heavy atom. The number of carbonyl (C=O) groups excluding carboxylic acids is 2. The van der Waals surface area contributed by atoms with Gasteiger partial charge < -0.3 is 14.4 Å². The van der Waals surface area contributed by atoms with E-state index in [1.807, 2.05) is 0 Å². The lowest BCUT2D eigenvalue weighted by atomic mass is 10.5. The second kappa shape index (κ2) is 5.76. The van der Waals surface area contributed by atoms with Gasteiger partial charge in [0.15, 0.2) is 0 Å². The Balaban J connectivity index is 4.31. The maximum absolute atomic E-state index is 11.1. The molecule has 0 spiro atoms. The summed E-state index contributed by atoms with van der Waals surface area (Å²) in [5.74, 6) is -0.227. The minimum Gasteiger partial charge on any atom is -0.387 e. The monoisotopic (exact) mass is 218 g/mol. The molecule has 0 aliphatic heterocycles. The summed E-state index contributed by atoms with van der Waals surface area (Å²) >= 11 is 0. The molecule has 2 amide bonds. The van der Waals surface area contributed by atoms with Crippen LogP contribution >= 0.6 is 0 Å². The van der Waals surface area contributed by atoms with Crippen molar-refractivity contribution < 1.29 is 14.0 Å². The van der Waals surface area contributed by atoms with Crippen LogP contribution in [-0.4, -0.2) is 27.6 Å². The van der Waals surface area contributed by atoms with Crippen LogP contribution in [-0.2, 0) is 14.0 Å². The molecule has 0 aliphatic rings. The molecule has 0 aromatic heterocycles. The first-order valence-corrected chi connectivity index (χ1v) is 7.05. The Morgan fingerprint density at radius 3 is 1.71 bits per heavy atom. The lowest BCUT2D eigenvalue weighted by Crippen LogP contribution is -2.65. The molecule has 0 aliphatic carbocycles. The number of hydrogen-bond donors (Lipinski definition) is 2. The molecule has 0 heterocycles. The van der Waals surface area contributed by atoms with Crippen LogP contribution < -0.4 is 9.96 Å². The summed E-state index contributed by atoms with van der Waals surface area (Å²) in [6, 6.07) is 0. The average molecular weight is 218 g/mol. The molecule has 14 heavy (non-hydrogen) atoms. The van der Waals surface area contributed by atoms with Crippen LogP contribution in [0, 0.1) is 0 Å². The molecule has 0 saturated heterocycles. The predicted molar refractivity (Wildman–Crippen MR) is 55.5 cm³/mol. The average Bonchev–Trinajstić information content (AvgIpc) is 2.17. The summed E-state index contributed by atoms with van der Waals surface area (Å²) in [6.45, 7) is 5.23. The zero-order valence-corrected chi connectivity index (χ0v) is 10.1. The summed E-state index contributed by atoms with van der Waals surface area (Å²) in [7, 11) is -1.11. The van der Waals surface area contributed by atoms with Crippen molar-refractivity contribution >= 4 is 20.5 Å². The molecule has 0 saturated carbocycles. The van der Waals surface area contributed by atoms with Crippen LogP contribution in [0.4, 0.5) is 0 Å². The SMILES string of the molecule is CCC(=O)N[Si](C)(NC(=O)CC)OC. The molecule has 0 atom stereocenters. The predicted octanol–water partition coefficient (Wildman–Crippen LogP) is 0.254. The summed E-state index contributed by atoms with van der Waals surface area (Å²) < 4.78 is 5.16. The quantitative estimate of drug-likeness (QED) is 0.650. The van der Waals surface area contributed by atoms with Gasteiger partial charge in [-0.15, -0.1) is 0 Å². The Kier molecular flexibility index (Phi) is 5.40. The maximum atomic E-state index is 11.1. The van der Waals surface area contributed by atoms with Gasteiger partial charge in [0, 0.05) is 20.0 Å². The van der Waals surface area contributed by atoms with E-state index in [-0.39, 0.29) is 11.8 Å². The summed E-state index contributed by atoms with van der Waals surface area (Å²) in [5.41, 5.74) is 0. The minimum absolute atomic E-state index is 0.114. The second-order valence-electron chi connectivity index (χ2n) is 3.04. The third-order valence-corrected chi connectivity index (χ3v) is 4.13. The zero-order chi connectivity index (χ0) is 11.2. The highest BCUT2D eigenvalue weighted by atomic mass is 28.4. The molecule has 0 radical (unpaired) electrons. The van der Waals surface area contributed by atoms with Crippen molar-refractivity contribution in [2.75, 3.05) is 7.11 Å². The van der Waals surface area contributed by atoms with Gasteiger partial charge in [-0.2, -0.15) is 0 Å². The number of hydrogen-bond acceptors (Lipinski definition) is 3. The first kappa shape index (κ1) is 13.1. The van der Waals surface area contributed by atoms with E-state index < -0.39 is 8.64 Å². The van der Waals surface area contributed by atoms with Crippen molar-refractivity contribution in [2.24, 2.45) is 0 Å². The molecule has 0 unspecified atom stereocenters. The zero-order valence-electron chi connectivity index (χ0n) is 9.14. The largest absolute Gasteiger partial charge is 0.414 e.